The van der Waals surface area contributed by atoms with Gasteiger partial charge < -0.3 is 14.9 Å². The van der Waals surface area contributed by atoms with Crippen LogP contribution in [0.2, 0.25) is 0 Å². The van der Waals surface area contributed by atoms with E-state index in [2.05, 4.69) is 4.99 Å². The summed E-state index contributed by atoms with van der Waals surface area (Å²) in [4.78, 5) is 15.9. The van der Waals surface area contributed by atoms with E-state index in [0.717, 1.165) is 0 Å². The van der Waals surface area contributed by atoms with Crippen molar-refractivity contribution >= 4 is 11.7 Å². The largest absolute Gasteiger partial charge is 0.506 e. The molecule has 0 saturated heterocycles. The first-order chi connectivity index (χ1) is 8.97. The Balaban J connectivity index is 2.51. The molecule has 0 amide bonds. The van der Waals surface area contributed by atoms with Gasteiger partial charge in [-0.15, -0.1) is 0 Å². The highest BCUT2D eigenvalue weighted by atomic mass is 16.5. The second-order valence-electron chi connectivity index (χ2n) is 4.29. The zero-order valence-electron chi connectivity index (χ0n) is 10.8. The van der Waals surface area contributed by atoms with Crippen molar-refractivity contribution in [1.82, 2.24) is 0 Å². The van der Waals surface area contributed by atoms with E-state index in [9.17, 15) is 15.0 Å². The molecule has 2 rings (SSSR count). The van der Waals surface area contributed by atoms with Crippen molar-refractivity contribution < 1.29 is 19.7 Å². The van der Waals surface area contributed by atoms with Gasteiger partial charge in [0, 0.05) is 5.56 Å². The molecule has 19 heavy (non-hydrogen) atoms. The maximum Gasteiger partial charge on any atom is 0.343 e. The molecule has 100 valence electrons. The second kappa shape index (κ2) is 4.85. The number of rotatable bonds is 3. The molecule has 0 bridgehead atoms. The third-order valence-corrected chi connectivity index (χ3v) is 2.78. The second-order valence-corrected chi connectivity index (χ2v) is 4.29. The predicted molar refractivity (Wildman–Crippen MR) is 69.9 cm³/mol. The van der Waals surface area contributed by atoms with E-state index in [4.69, 9.17) is 4.74 Å². The summed E-state index contributed by atoms with van der Waals surface area (Å²) in [5.41, 5.74) is -1.01. The monoisotopic (exact) mass is 261 g/mol. The predicted octanol–water partition coefficient (Wildman–Crippen LogP) is 1.57. The summed E-state index contributed by atoms with van der Waals surface area (Å²) in [6.45, 7) is 3.17. The molecule has 0 saturated carbocycles. The van der Waals surface area contributed by atoms with Crippen LogP contribution in [0.1, 0.15) is 19.4 Å². The van der Waals surface area contributed by atoms with Gasteiger partial charge in [-0.2, -0.15) is 0 Å². The van der Waals surface area contributed by atoms with Crippen LogP contribution in [0.25, 0.3) is 0 Å². The lowest BCUT2D eigenvalue weighted by molar-refractivity contribution is -0.138. The van der Waals surface area contributed by atoms with Crippen molar-refractivity contribution in [2.75, 3.05) is 6.61 Å². The van der Waals surface area contributed by atoms with Crippen molar-refractivity contribution in [3.8, 4) is 0 Å². The molecule has 1 heterocycles. The maximum atomic E-state index is 11.9. The quantitative estimate of drug-likeness (QED) is 0.809. The van der Waals surface area contributed by atoms with Crippen molar-refractivity contribution in [3.63, 3.8) is 0 Å². The highest BCUT2D eigenvalue weighted by Gasteiger charge is 2.40. The number of nitrogens with zero attached hydrogens (tertiary/aromatic N) is 1. The zero-order valence-corrected chi connectivity index (χ0v) is 10.8. The first-order valence-electron chi connectivity index (χ1n) is 5.96. The number of ether oxygens (including phenoxy) is 1. The smallest absolute Gasteiger partial charge is 0.343 e. The van der Waals surface area contributed by atoms with E-state index in [1.807, 2.05) is 6.07 Å². The summed E-state index contributed by atoms with van der Waals surface area (Å²) in [5.74, 6) is -1.18. The van der Waals surface area contributed by atoms with Crippen molar-refractivity contribution in [2.24, 2.45) is 4.99 Å². The molecule has 5 heteroatoms. The van der Waals surface area contributed by atoms with Gasteiger partial charge in [-0.25, -0.2) is 9.79 Å². The average Bonchev–Trinajstić information content (AvgIpc) is 2.62. The molecule has 1 unspecified atom stereocenters. The Labute approximate surface area is 110 Å². The van der Waals surface area contributed by atoms with Gasteiger partial charge in [-0.1, -0.05) is 30.3 Å². The third kappa shape index (κ3) is 2.37. The molecule has 1 aliphatic rings. The molecule has 1 atom stereocenters. The molecular weight excluding hydrogens is 246 g/mol. The van der Waals surface area contributed by atoms with E-state index in [0.29, 0.717) is 5.56 Å². The standard InChI is InChI=1S/C14H15NO4/c1-3-19-13(17)10-11(9-7-5-4-6-8-9)15-14(2,18)12(10)16/h4-8,16,18H,3H2,1-2H3. The van der Waals surface area contributed by atoms with Crippen LogP contribution in [-0.2, 0) is 9.53 Å². The van der Waals surface area contributed by atoms with Crippen LogP contribution in [0.4, 0.5) is 0 Å². The molecule has 5 nitrogen and oxygen atoms in total. The van der Waals surface area contributed by atoms with Crippen LogP contribution in [0, 0.1) is 0 Å². The Hall–Kier alpha value is -2.14. The van der Waals surface area contributed by atoms with E-state index < -0.39 is 17.5 Å². The summed E-state index contributed by atoms with van der Waals surface area (Å²) in [7, 11) is 0. The summed E-state index contributed by atoms with van der Waals surface area (Å²) in [6.07, 6.45) is 0. The fourth-order valence-electron chi connectivity index (χ4n) is 1.88. The van der Waals surface area contributed by atoms with Crippen LogP contribution >= 0.6 is 0 Å². The van der Waals surface area contributed by atoms with Crippen LogP contribution in [0.5, 0.6) is 0 Å². The Morgan fingerprint density at radius 1 is 1.37 bits per heavy atom. The van der Waals surface area contributed by atoms with Gasteiger partial charge >= 0.3 is 5.97 Å². The third-order valence-electron chi connectivity index (χ3n) is 2.78. The van der Waals surface area contributed by atoms with Gasteiger partial charge in [0.1, 0.15) is 5.57 Å². The maximum absolute atomic E-state index is 11.9. The molecule has 2 N–H and O–H groups in total. The van der Waals surface area contributed by atoms with Crippen molar-refractivity contribution in [1.29, 1.82) is 0 Å². The summed E-state index contributed by atoms with van der Waals surface area (Å²) >= 11 is 0. The van der Waals surface area contributed by atoms with Crippen LogP contribution < -0.4 is 0 Å². The minimum Gasteiger partial charge on any atom is -0.506 e. The van der Waals surface area contributed by atoms with Crippen LogP contribution in [-0.4, -0.2) is 34.2 Å². The van der Waals surface area contributed by atoms with Crippen molar-refractivity contribution in [3.05, 3.63) is 47.2 Å². The van der Waals surface area contributed by atoms with E-state index in [1.54, 1.807) is 31.2 Å². The van der Waals surface area contributed by atoms with E-state index >= 15 is 0 Å². The number of carbonyl (C=O) groups is 1. The lowest BCUT2D eigenvalue weighted by Gasteiger charge is -2.12. The van der Waals surface area contributed by atoms with Gasteiger partial charge in [0.25, 0.3) is 0 Å². The molecule has 1 aliphatic heterocycles. The van der Waals surface area contributed by atoms with Gasteiger partial charge in [0.15, 0.2) is 5.76 Å². The Morgan fingerprint density at radius 3 is 2.58 bits per heavy atom. The Bertz CT molecular complexity index is 558. The number of hydrogen-bond acceptors (Lipinski definition) is 5. The number of carbonyl (C=O) groups excluding carboxylic acids is 1. The van der Waals surface area contributed by atoms with Crippen LogP contribution in [0.3, 0.4) is 0 Å². The Kier molecular flexibility index (Phi) is 3.40. The SMILES string of the molecule is CCOC(=O)C1=C(O)C(C)(O)N=C1c1ccccc1. The van der Waals surface area contributed by atoms with Gasteiger partial charge in [0.2, 0.25) is 5.72 Å². The highest BCUT2D eigenvalue weighted by Crippen LogP contribution is 2.31. The minimum absolute atomic E-state index is 0.0851. The number of esters is 1. The highest BCUT2D eigenvalue weighted by molar-refractivity contribution is 6.28. The molecular formula is C14H15NO4. The summed E-state index contributed by atoms with van der Waals surface area (Å²) < 4.78 is 4.89. The minimum atomic E-state index is -1.80. The molecule has 0 spiro atoms. The lowest BCUT2D eigenvalue weighted by atomic mass is 10.0. The van der Waals surface area contributed by atoms with Gasteiger partial charge in [-0.05, 0) is 13.8 Å². The first-order valence-corrected chi connectivity index (χ1v) is 5.96. The van der Waals surface area contributed by atoms with E-state index in [1.165, 1.54) is 6.92 Å². The number of aliphatic hydroxyl groups excluding tert-OH is 1. The number of aliphatic imine (C=N–C) groups is 1. The fraction of sp³-hybridized carbons (Fsp3) is 0.286. The number of hydrogen-bond donors (Lipinski definition) is 2. The van der Waals surface area contributed by atoms with Gasteiger partial charge in [0.05, 0.1) is 12.3 Å². The summed E-state index contributed by atoms with van der Waals surface area (Å²) in [6, 6.07) is 8.87. The molecule has 1 aromatic rings. The topological polar surface area (TPSA) is 79.1 Å². The van der Waals surface area contributed by atoms with E-state index in [-0.39, 0.29) is 17.9 Å². The average molecular weight is 261 g/mol. The molecule has 0 radical (unpaired) electrons. The number of aliphatic hydroxyl groups is 2. The van der Waals surface area contributed by atoms with Gasteiger partial charge in [-0.3, -0.25) is 0 Å². The fourth-order valence-corrected chi connectivity index (χ4v) is 1.88. The first kappa shape index (κ1) is 13.3. The Morgan fingerprint density at radius 2 is 2.00 bits per heavy atom. The molecule has 0 aliphatic carbocycles. The molecule has 1 aromatic carbocycles. The zero-order chi connectivity index (χ0) is 14.0. The molecule has 0 aromatic heterocycles. The molecule has 0 fully saturated rings. The number of benzene rings is 1. The summed E-state index contributed by atoms with van der Waals surface area (Å²) in [5, 5.41) is 19.9. The van der Waals surface area contributed by atoms with Crippen LogP contribution in [0.15, 0.2) is 46.7 Å². The lowest BCUT2D eigenvalue weighted by Crippen LogP contribution is -2.22. The van der Waals surface area contributed by atoms with Crippen molar-refractivity contribution in [2.45, 2.75) is 19.6 Å². The normalized spacial score (nSPS) is 22.4.